The van der Waals surface area contributed by atoms with Crippen molar-refractivity contribution in [2.75, 3.05) is 16.8 Å². The fourth-order valence-electron chi connectivity index (χ4n) is 4.98. The zero-order valence-corrected chi connectivity index (χ0v) is 20.8. The summed E-state index contributed by atoms with van der Waals surface area (Å²) in [5, 5.41) is 12.6. The van der Waals surface area contributed by atoms with Crippen molar-refractivity contribution in [3.63, 3.8) is 0 Å². The predicted molar refractivity (Wildman–Crippen MR) is 138 cm³/mol. The van der Waals surface area contributed by atoms with Crippen molar-refractivity contribution < 1.29 is 18.7 Å². The monoisotopic (exact) mass is 539 g/mol. The van der Waals surface area contributed by atoms with Gasteiger partial charge in [0.2, 0.25) is 5.91 Å². The van der Waals surface area contributed by atoms with Gasteiger partial charge in [-0.2, -0.15) is 5.26 Å². The molecule has 1 unspecified atom stereocenters. The van der Waals surface area contributed by atoms with E-state index in [-0.39, 0.29) is 45.5 Å². The van der Waals surface area contributed by atoms with Gasteiger partial charge in [0.05, 0.1) is 16.7 Å². The summed E-state index contributed by atoms with van der Waals surface area (Å²) in [6.45, 7) is 0.439. The van der Waals surface area contributed by atoms with Crippen LogP contribution in [-0.2, 0) is 24.1 Å². The summed E-state index contributed by atoms with van der Waals surface area (Å²) >= 11 is 12.3. The van der Waals surface area contributed by atoms with Gasteiger partial charge >= 0.3 is 6.03 Å². The number of carbonyl (C=O) groups is 2. The molecule has 0 saturated heterocycles. The standard InChI is InChI=1S/C26H20Cl2FN5O3/c27-15-7-13(12-30)8-16(9-15)37-23-19(28)2-1-14(22(23)29)10-26(24(31)35)11-18-17-5-6-34(25(32)36)21(17)4-3-20(18)33-26/h1-4,7-9,33H,5-6,10-11H2,(H2,31,35)(H2,32,36). The molecular weight excluding hydrogens is 520 g/mol. The number of anilines is 2. The first-order valence-corrected chi connectivity index (χ1v) is 12.0. The number of nitrogens with zero attached hydrogens (tertiary/aromatic N) is 2. The Hall–Kier alpha value is -4.00. The molecule has 3 aromatic rings. The number of hydrogen-bond donors (Lipinski definition) is 3. The minimum absolute atomic E-state index is 0.000104. The molecule has 3 aromatic carbocycles. The van der Waals surface area contributed by atoms with E-state index >= 15 is 4.39 Å². The number of benzene rings is 3. The van der Waals surface area contributed by atoms with Crippen LogP contribution in [0, 0.1) is 17.1 Å². The molecule has 0 spiro atoms. The van der Waals surface area contributed by atoms with Crippen molar-refractivity contribution in [1.82, 2.24) is 0 Å². The quantitative estimate of drug-likeness (QED) is 0.432. The van der Waals surface area contributed by atoms with Crippen LogP contribution in [0.15, 0.2) is 42.5 Å². The van der Waals surface area contributed by atoms with E-state index in [1.165, 1.54) is 35.2 Å². The molecule has 2 aliphatic rings. The van der Waals surface area contributed by atoms with E-state index in [1.54, 1.807) is 12.1 Å². The van der Waals surface area contributed by atoms with Crippen LogP contribution in [0.3, 0.4) is 0 Å². The number of hydrogen-bond acceptors (Lipinski definition) is 5. The van der Waals surface area contributed by atoms with Crippen molar-refractivity contribution in [3.05, 3.63) is 80.6 Å². The van der Waals surface area contributed by atoms with E-state index in [0.29, 0.717) is 24.3 Å². The average Bonchev–Trinajstić information content (AvgIpc) is 3.45. The van der Waals surface area contributed by atoms with E-state index in [2.05, 4.69) is 5.32 Å². The molecule has 0 fully saturated rings. The van der Waals surface area contributed by atoms with Gasteiger partial charge in [-0.1, -0.05) is 29.3 Å². The Kier molecular flexibility index (Phi) is 6.10. The molecule has 2 aliphatic heterocycles. The maximum absolute atomic E-state index is 15.7. The second kappa shape index (κ2) is 9.14. The number of primary amides is 2. The zero-order valence-electron chi connectivity index (χ0n) is 19.3. The normalized spacial score (nSPS) is 17.5. The molecule has 5 rings (SSSR count). The van der Waals surface area contributed by atoms with Crippen LogP contribution in [0.4, 0.5) is 20.6 Å². The van der Waals surface area contributed by atoms with E-state index in [1.807, 2.05) is 6.07 Å². The van der Waals surface area contributed by atoms with Gasteiger partial charge in [-0.05, 0) is 59.5 Å². The molecule has 8 nitrogen and oxygen atoms in total. The maximum atomic E-state index is 15.7. The van der Waals surface area contributed by atoms with Gasteiger partial charge in [-0.15, -0.1) is 0 Å². The van der Waals surface area contributed by atoms with E-state index < -0.39 is 23.3 Å². The average molecular weight is 540 g/mol. The number of ether oxygens (including phenoxy) is 1. The SMILES string of the molecule is N#Cc1cc(Cl)cc(Oc2c(Cl)ccc(CC3(C(N)=O)Cc4c(ccc5c4CCN5C(N)=O)N3)c2F)c1. The Balaban J connectivity index is 1.49. The van der Waals surface area contributed by atoms with Crippen molar-refractivity contribution in [1.29, 1.82) is 5.26 Å². The predicted octanol–water partition coefficient (Wildman–Crippen LogP) is 4.67. The maximum Gasteiger partial charge on any atom is 0.319 e. The highest BCUT2D eigenvalue weighted by molar-refractivity contribution is 6.32. The Morgan fingerprint density at radius 3 is 2.65 bits per heavy atom. The molecule has 3 amide bonds. The molecular formula is C26H20Cl2FN5O3. The topological polar surface area (TPSA) is 134 Å². The lowest BCUT2D eigenvalue weighted by Crippen LogP contribution is -2.51. The van der Waals surface area contributed by atoms with Crippen LogP contribution in [-0.4, -0.2) is 24.0 Å². The molecule has 2 heterocycles. The summed E-state index contributed by atoms with van der Waals surface area (Å²) in [6.07, 6.45) is 0.685. The highest BCUT2D eigenvalue weighted by atomic mass is 35.5. The Labute approximate surface area is 221 Å². The lowest BCUT2D eigenvalue weighted by atomic mass is 9.85. The van der Waals surface area contributed by atoms with Crippen LogP contribution >= 0.6 is 23.2 Å². The Morgan fingerprint density at radius 2 is 1.95 bits per heavy atom. The molecule has 188 valence electrons. The molecule has 5 N–H and O–H groups in total. The van der Waals surface area contributed by atoms with E-state index in [4.69, 9.17) is 39.4 Å². The molecule has 0 aliphatic carbocycles. The van der Waals surface area contributed by atoms with Gasteiger partial charge in [-0.25, -0.2) is 9.18 Å². The van der Waals surface area contributed by atoms with Crippen LogP contribution in [0.2, 0.25) is 10.0 Å². The summed E-state index contributed by atoms with van der Waals surface area (Å²) in [4.78, 5) is 26.1. The minimum atomic E-state index is -1.33. The van der Waals surface area contributed by atoms with E-state index in [9.17, 15) is 14.9 Å². The summed E-state index contributed by atoms with van der Waals surface area (Å²) in [5.41, 5.74) is 13.5. The van der Waals surface area contributed by atoms with Crippen molar-refractivity contribution in [2.45, 2.75) is 24.8 Å². The molecule has 11 heteroatoms. The number of amides is 3. The molecule has 37 heavy (non-hydrogen) atoms. The lowest BCUT2D eigenvalue weighted by Gasteiger charge is -2.27. The highest BCUT2D eigenvalue weighted by Gasteiger charge is 2.45. The molecule has 0 bridgehead atoms. The number of nitrogens with two attached hydrogens (primary N) is 2. The first kappa shape index (κ1) is 24.7. The first-order chi connectivity index (χ1) is 17.6. The third kappa shape index (κ3) is 4.28. The fourth-order valence-corrected chi connectivity index (χ4v) is 5.39. The number of rotatable bonds is 5. The van der Waals surface area contributed by atoms with Gasteiger partial charge in [0.25, 0.3) is 0 Å². The lowest BCUT2D eigenvalue weighted by molar-refractivity contribution is -0.122. The number of nitrogens with one attached hydrogen (secondary N) is 1. The zero-order chi connectivity index (χ0) is 26.5. The number of urea groups is 1. The summed E-state index contributed by atoms with van der Waals surface area (Å²) in [7, 11) is 0. The summed E-state index contributed by atoms with van der Waals surface area (Å²) in [5.74, 6) is -1.56. The van der Waals surface area contributed by atoms with Gasteiger partial charge in [0.1, 0.15) is 11.3 Å². The summed E-state index contributed by atoms with van der Waals surface area (Å²) < 4.78 is 21.4. The van der Waals surface area contributed by atoms with Crippen molar-refractivity contribution >= 4 is 46.5 Å². The molecule has 0 saturated carbocycles. The third-order valence-electron chi connectivity index (χ3n) is 6.71. The summed E-state index contributed by atoms with van der Waals surface area (Å²) in [6, 6.07) is 12.2. The Morgan fingerprint density at radius 1 is 1.16 bits per heavy atom. The van der Waals surface area contributed by atoms with Crippen molar-refractivity contribution in [2.24, 2.45) is 11.5 Å². The van der Waals surface area contributed by atoms with Gasteiger partial charge < -0.3 is 21.5 Å². The number of nitriles is 1. The van der Waals surface area contributed by atoms with Crippen LogP contribution < -0.4 is 26.4 Å². The van der Waals surface area contributed by atoms with Gasteiger partial charge in [0.15, 0.2) is 11.6 Å². The largest absolute Gasteiger partial charge is 0.453 e. The van der Waals surface area contributed by atoms with Crippen LogP contribution in [0.5, 0.6) is 11.5 Å². The molecule has 1 atom stereocenters. The minimum Gasteiger partial charge on any atom is -0.453 e. The first-order valence-electron chi connectivity index (χ1n) is 11.3. The highest BCUT2D eigenvalue weighted by Crippen LogP contribution is 2.44. The number of halogens is 3. The van der Waals surface area contributed by atoms with Crippen LogP contribution in [0.25, 0.3) is 0 Å². The number of fused-ring (bicyclic) bond motifs is 3. The number of carbonyl (C=O) groups excluding carboxylic acids is 2. The van der Waals surface area contributed by atoms with Crippen molar-refractivity contribution in [3.8, 4) is 17.6 Å². The fraction of sp³-hybridized carbons (Fsp3) is 0.192. The molecule has 0 aromatic heterocycles. The van der Waals surface area contributed by atoms with E-state index in [0.717, 1.165) is 11.1 Å². The Bertz CT molecular complexity index is 1520. The van der Waals surface area contributed by atoms with Gasteiger partial charge in [0, 0.05) is 35.8 Å². The van der Waals surface area contributed by atoms with Crippen LogP contribution in [0.1, 0.15) is 22.3 Å². The smallest absolute Gasteiger partial charge is 0.319 e. The molecule has 0 radical (unpaired) electrons. The van der Waals surface area contributed by atoms with Gasteiger partial charge in [-0.3, -0.25) is 9.69 Å². The second-order valence-corrected chi connectivity index (χ2v) is 9.84. The second-order valence-electron chi connectivity index (χ2n) is 8.99. The third-order valence-corrected chi connectivity index (χ3v) is 7.23.